The molecule has 0 radical (unpaired) electrons. The van der Waals surface area contributed by atoms with Gasteiger partial charge in [-0.05, 0) is 50.4 Å². The summed E-state index contributed by atoms with van der Waals surface area (Å²) in [6, 6.07) is 5.57. The van der Waals surface area contributed by atoms with E-state index in [1.165, 1.54) is 22.5 Å². The lowest BCUT2D eigenvalue weighted by Crippen LogP contribution is -2.41. The van der Waals surface area contributed by atoms with Gasteiger partial charge >= 0.3 is 0 Å². The van der Waals surface area contributed by atoms with E-state index in [1.807, 2.05) is 0 Å². The summed E-state index contributed by atoms with van der Waals surface area (Å²) >= 11 is 0. The first-order valence-electron chi connectivity index (χ1n) is 7.51. The number of piperidine rings is 1. The van der Waals surface area contributed by atoms with Crippen molar-refractivity contribution in [2.24, 2.45) is 5.92 Å². The Balaban J connectivity index is 1.97. The van der Waals surface area contributed by atoms with Crippen molar-refractivity contribution in [1.29, 1.82) is 0 Å². The lowest BCUT2D eigenvalue weighted by atomic mass is 9.98. The van der Waals surface area contributed by atoms with E-state index in [1.54, 1.807) is 6.07 Å². The second-order valence-electron chi connectivity index (χ2n) is 5.48. The Hall–Kier alpha value is -0.980. The predicted octanol–water partition coefficient (Wildman–Crippen LogP) is 2.23. The molecule has 0 unspecified atom stereocenters. The molecule has 1 aliphatic heterocycles. The lowest BCUT2D eigenvalue weighted by molar-refractivity contribution is 0.267. The molecule has 6 heteroatoms. The van der Waals surface area contributed by atoms with Crippen LogP contribution in [0.3, 0.4) is 0 Å². The van der Waals surface area contributed by atoms with E-state index in [0.29, 0.717) is 19.0 Å². The average molecular weight is 314 g/mol. The Morgan fingerprint density at radius 2 is 1.95 bits per heavy atom. The molecule has 1 aromatic rings. The molecule has 1 aliphatic rings. The molecule has 118 valence electrons. The lowest BCUT2D eigenvalue weighted by Gasteiger charge is -2.31. The first kappa shape index (κ1) is 16.4. The molecule has 21 heavy (non-hydrogen) atoms. The Morgan fingerprint density at radius 1 is 1.29 bits per heavy atom. The molecule has 1 saturated heterocycles. The summed E-state index contributed by atoms with van der Waals surface area (Å²) in [6.45, 7) is 4.98. The van der Waals surface area contributed by atoms with Crippen LogP contribution >= 0.6 is 0 Å². The van der Waals surface area contributed by atoms with E-state index in [0.717, 1.165) is 32.4 Å². The zero-order chi connectivity index (χ0) is 15.3. The van der Waals surface area contributed by atoms with Crippen LogP contribution in [-0.2, 0) is 10.0 Å². The van der Waals surface area contributed by atoms with Crippen LogP contribution < -0.4 is 5.32 Å². The quantitative estimate of drug-likeness (QED) is 0.819. The van der Waals surface area contributed by atoms with Crippen LogP contribution in [0.2, 0.25) is 0 Å². The van der Waals surface area contributed by atoms with Gasteiger partial charge in [0.25, 0.3) is 0 Å². The van der Waals surface area contributed by atoms with Crippen molar-refractivity contribution in [1.82, 2.24) is 9.62 Å². The molecule has 1 aromatic carbocycles. The normalized spacial score (nSPS) is 18.0. The number of nitrogens with zero attached hydrogens (tertiary/aromatic N) is 1. The van der Waals surface area contributed by atoms with Crippen LogP contribution in [0.1, 0.15) is 26.2 Å². The summed E-state index contributed by atoms with van der Waals surface area (Å²) in [5.74, 6) is -0.173. The number of rotatable bonds is 6. The molecule has 0 atom stereocenters. The highest BCUT2D eigenvalue weighted by atomic mass is 32.2. The van der Waals surface area contributed by atoms with E-state index in [-0.39, 0.29) is 4.90 Å². The fourth-order valence-electron chi connectivity index (χ4n) is 2.63. The average Bonchev–Trinajstić information content (AvgIpc) is 2.48. The Bertz CT molecular complexity index is 555. The number of sulfonamides is 1. The second-order valence-corrected chi connectivity index (χ2v) is 7.39. The summed E-state index contributed by atoms with van der Waals surface area (Å²) in [4.78, 5) is -0.215. The molecule has 0 saturated carbocycles. The molecule has 2 rings (SSSR count). The highest BCUT2D eigenvalue weighted by molar-refractivity contribution is 7.89. The fourth-order valence-corrected chi connectivity index (χ4v) is 4.16. The summed E-state index contributed by atoms with van der Waals surface area (Å²) in [5.41, 5.74) is 0. The molecule has 1 N–H and O–H groups in total. The van der Waals surface area contributed by atoms with Gasteiger partial charge < -0.3 is 5.32 Å². The number of halogens is 1. The number of benzene rings is 1. The van der Waals surface area contributed by atoms with E-state index in [4.69, 9.17) is 0 Å². The van der Waals surface area contributed by atoms with Gasteiger partial charge in [0.2, 0.25) is 10.0 Å². The van der Waals surface area contributed by atoms with Crippen molar-refractivity contribution in [3.05, 3.63) is 30.1 Å². The first-order chi connectivity index (χ1) is 10.1. The maximum atomic E-state index is 13.7. The topological polar surface area (TPSA) is 49.4 Å². The molecule has 4 nitrogen and oxygen atoms in total. The van der Waals surface area contributed by atoms with Crippen LogP contribution in [0.4, 0.5) is 4.39 Å². The number of hydrogen-bond acceptors (Lipinski definition) is 3. The van der Waals surface area contributed by atoms with Crippen LogP contribution in [0.25, 0.3) is 0 Å². The van der Waals surface area contributed by atoms with Gasteiger partial charge in [0.05, 0.1) is 0 Å². The molecule has 0 aliphatic carbocycles. The Labute approximate surface area is 126 Å². The van der Waals surface area contributed by atoms with E-state index < -0.39 is 15.8 Å². The zero-order valence-electron chi connectivity index (χ0n) is 12.4. The van der Waals surface area contributed by atoms with E-state index >= 15 is 0 Å². The minimum Gasteiger partial charge on any atom is -0.316 e. The predicted molar refractivity (Wildman–Crippen MR) is 81.0 cm³/mol. The van der Waals surface area contributed by atoms with Gasteiger partial charge in [-0.25, -0.2) is 12.8 Å². The minimum absolute atomic E-state index is 0.215. The number of nitrogens with one attached hydrogen (secondary N) is 1. The summed E-state index contributed by atoms with van der Waals surface area (Å²) in [5, 5.41) is 3.37. The summed E-state index contributed by atoms with van der Waals surface area (Å²) in [7, 11) is -3.70. The van der Waals surface area contributed by atoms with Crippen LogP contribution in [0.5, 0.6) is 0 Å². The van der Waals surface area contributed by atoms with Crippen LogP contribution in [-0.4, -0.2) is 38.9 Å². The monoisotopic (exact) mass is 314 g/mol. The van der Waals surface area contributed by atoms with Gasteiger partial charge in [0.15, 0.2) is 0 Å². The highest BCUT2D eigenvalue weighted by Crippen LogP contribution is 2.24. The van der Waals surface area contributed by atoms with Crippen molar-refractivity contribution >= 4 is 10.0 Å². The van der Waals surface area contributed by atoms with Crippen molar-refractivity contribution < 1.29 is 12.8 Å². The van der Waals surface area contributed by atoms with Gasteiger partial charge in [0.1, 0.15) is 10.7 Å². The van der Waals surface area contributed by atoms with E-state index in [9.17, 15) is 12.8 Å². The molecule has 0 spiro atoms. The Kier molecular flexibility index (Phi) is 5.72. The molecular formula is C15H23FN2O2S. The maximum Gasteiger partial charge on any atom is 0.245 e. The molecule has 0 bridgehead atoms. The van der Waals surface area contributed by atoms with Crippen molar-refractivity contribution in [2.75, 3.05) is 26.2 Å². The first-order valence-corrected chi connectivity index (χ1v) is 8.95. The van der Waals surface area contributed by atoms with Gasteiger partial charge in [-0.15, -0.1) is 0 Å². The van der Waals surface area contributed by atoms with Crippen LogP contribution in [0.15, 0.2) is 29.2 Å². The van der Waals surface area contributed by atoms with Crippen molar-refractivity contribution in [2.45, 2.75) is 31.1 Å². The minimum atomic E-state index is -3.70. The smallest absolute Gasteiger partial charge is 0.245 e. The molecule has 0 aromatic heterocycles. The SMILES string of the molecule is CCCNCC1CCN(S(=O)(=O)c2ccccc2F)CC1. The largest absolute Gasteiger partial charge is 0.316 e. The molecule has 0 amide bonds. The van der Waals surface area contributed by atoms with Crippen molar-refractivity contribution in [3.8, 4) is 0 Å². The van der Waals surface area contributed by atoms with Gasteiger partial charge in [-0.2, -0.15) is 4.31 Å². The molecule has 1 heterocycles. The third-order valence-corrected chi connectivity index (χ3v) is 5.82. The zero-order valence-corrected chi connectivity index (χ0v) is 13.2. The summed E-state index contributed by atoms with van der Waals surface area (Å²) < 4.78 is 40.0. The fraction of sp³-hybridized carbons (Fsp3) is 0.600. The molecule has 1 fully saturated rings. The maximum absolute atomic E-state index is 13.7. The van der Waals surface area contributed by atoms with Gasteiger partial charge in [-0.1, -0.05) is 19.1 Å². The van der Waals surface area contributed by atoms with Crippen molar-refractivity contribution in [3.63, 3.8) is 0 Å². The highest BCUT2D eigenvalue weighted by Gasteiger charge is 2.30. The Morgan fingerprint density at radius 3 is 2.57 bits per heavy atom. The van der Waals surface area contributed by atoms with Crippen LogP contribution in [0, 0.1) is 11.7 Å². The standard InChI is InChI=1S/C15H23FN2O2S/c1-2-9-17-12-13-7-10-18(11-8-13)21(19,20)15-6-4-3-5-14(15)16/h3-6,13,17H,2,7-12H2,1H3. The van der Waals surface area contributed by atoms with E-state index in [2.05, 4.69) is 12.2 Å². The third-order valence-electron chi connectivity index (χ3n) is 3.89. The second kappa shape index (κ2) is 7.33. The van der Waals surface area contributed by atoms with Gasteiger partial charge in [-0.3, -0.25) is 0 Å². The van der Waals surface area contributed by atoms with Gasteiger partial charge in [0, 0.05) is 13.1 Å². The summed E-state index contributed by atoms with van der Waals surface area (Å²) in [6.07, 6.45) is 2.75. The third kappa shape index (κ3) is 4.02. The molecular weight excluding hydrogens is 291 g/mol. The number of hydrogen-bond donors (Lipinski definition) is 1.